The van der Waals surface area contributed by atoms with Crippen molar-refractivity contribution in [2.75, 3.05) is 0 Å². The molecule has 0 saturated carbocycles. The lowest BCUT2D eigenvalue weighted by molar-refractivity contribution is 0.518. The van der Waals surface area contributed by atoms with Crippen molar-refractivity contribution in [2.45, 2.75) is 57.2 Å². The van der Waals surface area contributed by atoms with Crippen LogP contribution in [0.25, 0.3) is 0 Å². The zero-order valence-electron chi connectivity index (χ0n) is 11.0. The molecular weight excluding hydrogens is 272 g/mol. The Bertz CT molecular complexity index is 370. The molecule has 1 aromatic rings. The minimum atomic E-state index is 0.523. The molecule has 94 valence electrons. The van der Waals surface area contributed by atoms with Crippen molar-refractivity contribution in [3.63, 3.8) is 0 Å². The minimum Gasteiger partial charge on any atom is -0.0836 e. The molecule has 1 heteroatoms. The van der Waals surface area contributed by atoms with Crippen molar-refractivity contribution in [3.8, 4) is 0 Å². The second-order valence-electron chi connectivity index (χ2n) is 5.40. The topological polar surface area (TPSA) is 0 Å². The average molecular weight is 295 g/mol. The molecule has 0 amide bonds. The summed E-state index contributed by atoms with van der Waals surface area (Å²) in [6, 6.07) is 7.13. The summed E-state index contributed by atoms with van der Waals surface area (Å²) in [7, 11) is 0. The number of benzene rings is 1. The molecule has 1 aliphatic rings. The molecule has 0 aliphatic heterocycles. The lowest BCUT2D eigenvalue weighted by Crippen LogP contribution is -2.07. The molecule has 0 nitrogen and oxygen atoms in total. The van der Waals surface area contributed by atoms with Crippen LogP contribution in [0.5, 0.6) is 0 Å². The second kappa shape index (κ2) is 6.04. The van der Waals surface area contributed by atoms with Gasteiger partial charge >= 0.3 is 0 Å². The fourth-order valence-corrected chi connectivity index (χ4v) is 3.40. The van der Waals surface area contributed by atoms with E-state index < -0.39 is 0 Å². The van der Waals surface area contributed by atoms with Crippen LogP contribution in [0.3, 0.4) is 0 Å². The summed E-state index contributed by atoms with van der Waals surface area (Å²) in [5, 5.41) is 0. The van der Waals surface area contributed by atoms with E-state index in [-0.39, 0.29) is 0 Å². The average Bonchev–Trinajstić information content (AvgIpc) is 2.37. The van der Waals surface area contributed by atoms with E-state index >= 15 is 0 Å². The maximum absolute atomic E-state index is 3.88. The SMILES string of the molecule is CCCC(C)C(Br)c1ccc2c(c1)CCCC2. The summed E-state index contributed by atoms with van der Waals surface area (Å²) in [6.07, 6.45) is 7.88. The highest BCUT2D eigenvalue weighted by atomic mass is 79.9. The number of hydrogen-bond acceptors (Lipinski definition) is 0. The van der Waals surface area contributed by atoms with Gasteiger partial charge < -0.3 is 0 Å². The van der Waals surface area contributed by atoms with Gasteiger partial charge in [-0.3, -0.25) is 0 Å². The van der Waals surface area contributed by atoms with Gasteiger partial charge in [0.05, 0.1) is 0 Å². The van der Waals surface area contributed by atoms with Crippen LogP contribution in [0.2, 0.25) is 0 Å². The van der Waals surface area contributed by atoms with Crippen molar-refractivity contribution >= 4 is 15.9 Å². The van der Waals surface area contributed by atoms with Crippen LogP contribution < -0.4 is 0 Å². The van der Waals surface area contributed by atoms with Gasteiger partial charge in [-0.15, -0.1) is 0 Å². The number of rotatable bonds is 4. The third-order valence-corrected chi connectivity index (χ3v) is 5.37. The van der Waals surface area contributed by atoms with Crippen LogP contribution in [-0.4, -0.2) is 0 Å². The first-order chi connectivity index (χ1) is 8.22. The molecular formula is C16H23Br. The standard InChI is InChI=1S/C16H23Br/c1-3-6-12(2)16(17)15-10-9-13-7-4-5-8-14(13)11-15/h9-12,16H,3-8H2,1-2H3. The normalized spacial score (nSPS) is 18.5. The third-order valence-electron chi connectivity index (χ3n) is 3.93. The van der Waals surface area contributed by atoms with Crippen molar-refractivity contribution in [2.24, 2.45) is 5.92 Å². The molecule has 0 spiro atoms. The zero-order valence-corrected chi connectivity index (χ0v) is 12.6. The second-order valence-corrected chi connectivity index (χ2v) is 6.39. The van der Waals surface area contributed by atoms with Crippen molar-refractivity contribution in [3.05, 3.63) is 34.9 Å². The van der Waals surface area contributed by atoms with Gasteiger partial charge in [0.2, 0.25) is 0 Å². The molecule has 0 N–H and O–H groups in total. The first-order valence-electron chi connectivity index (χ1n) is 6.98. The maximum Gasteiger partial charge on any atom is 0.0420 e. The summed E-state index contributed by atoms with van der Waals surface area (Å²) in [4.78, 5) is 0.523. The number of halogens is 1. The largest absolute Gasteiger partial charge is 0.0836 e. The molecule has 1 aliphatic carbocycles. The van der Waals surface area contributed by atoms with Gasteiger partial charge in [0.25, 0.3) is 0 Å². The predicted octanol–water partition coefficient (Wildman–Crippen LogP) is 5.44. The highest BCUT2D eigenvalue weighted by Gasteiger charge is 2.17. The van der Waals surface area contributed by atoms with E-state index in [1.54, 1.807) is 11.1 Å². The Hall–Kier alpha value is -0.300. The van der Waals surface area contributed by atoms with Crippen LogP contribution in [-0.2, 0) is 12.8 Å². The van der Waals surface area contributed by atoms with E-state index in [0.717, 1.165) is 5.92 Å². The smallest absolute Gasteiger partial charge is 0.0420 e. The van der Waals surface area contributed by atoms with Gasteiger partial charge in [-0.2, -0.15) is 0 Å². The summed E-state index contributed by atoms with van der Waals surface area (Å²) in [6.45, 7) is 4.62. The molecule has 0 radical (unpaired) electrons. The first kappa shape index (κ1) is 13.1. The Labute approximate surface area is 114 Å². The summed E-state index contributed by atoms with van der Waals surface area (Å²) >= 11 is 3.88. The van der Waals surface area contributed by atoms with Crippen LogP contribution in [0.1, 0.15) is 61.0 Å². The summed E-state index contributed by atoms with van der Waals surface area (Å²) in [5.41, 5.74) is 4.66. The van der Waals surface area contributed by atoms with E-state index in [9.17, 15) is 0 Å². The lowest BCUT2D eigenvalue weighted by Gasteiger charge is -2.22. The van der Waals surface area contributed by atoms with E-state index in [4.69, 9.17) is 0 Å². The third kappa shape index (κ3) is 3.13. The Kier molecular flexibility index (Phi) is 4.67. The Balaban J connectivity index is 2.15. The van der Waals surface area contributed by atoms with Gasteiger partial charge in [-0.1, -0.05) is 54.4 Å². The van der Waals surface area contributed by atoms with Crippen LogP contribution in [0, 0.1) is 5.92 Å². The molecule has 0 fully saturated rings. The van der Waals surface area contributed by atoms with E-state index in [1.807, 2.05) is 0 Å². The van der Waals surface area contributed by atoms with Crippen molar-refractivity contribution in [1.82, 2.24) is 0 Å². The molecule has 2 rings (SSSR count). The van der Waals surface area contributed by atoms with E-state index in [0.29, 0.717) is 4.83 Å². The molecule has 0 heterocycles. The summed E-state index contributed by atoms with van der Waals surface area (Å²) < 4.78 is 0. The monoisotopic (exact) mass is 294 g/mol. The fourth-order valence-electron chi connectivity index (χ4n) is 2.86. The Morgan fingerprint density at radius 3 is 2.59 bits per heavy atom. The molecule has 2 atom stereocenters. The van der Waals surface area contributed by atoms with Crippen LogP contribution >= 0.6 is 15.9 Å². The van der Waals surface area contributed by atoms with Crippen LogP contribution in [0.15, 0.2) is 18.2 Å². The van der Waals surface area contributed by atoms with Crippen molar-refractivity contribution < 1.29 is 0 Å². The summed E-state index contributed by atoms with van der Waals surface area (Å²) in [5.74, 6) is 0.724. The van der Waals surface area contributed by atoms with Gasteiger partial charge in [0, 0.05) is 4.83 Å². The first-order valence-corrected chi connectivity index (χ1v) is 7.89. The predicted molar refractivity (Wildman–Crippen MR) is 78.8 cm³/mol. The van der Waals surface area contributed by atoms with Gasteiger partial charge in [-0.05, 0) is 54.7 Å². The molecule has 1 aromatic carbocycles. The van der Waals surface area contributed by atoms with Gasteiger partial charge in [0.1, 0.15) is 0 Å². The Morgan fingerprint density at radius 2 is 1.88 bits per heavy atom. The highest BCUT2D eigenvalue weighted by Crippen LogP contribution is 2.35. The maximum atomic E-state index is 3.88. The zero-order chi connectivity index (χ0) is 12.3. The quantitative estimate of drug-likeness (QED) is 0.649. The van der Waals surface area contributed by atoms with E-state index in [1.165, 1.54) is 44.1 Å². The number of aryl methyl sites for hydroxylation is 2. The number of hydrogen-bond donors (Lipinski definition) is 0. The number of alkyl halides is 1. The van der Waals surface area contributed by atoms with E-state index in [2.05, 4.69) is 48.0 Å². The van der Waals surface area contributed by atoms with Gasteiger partial charge in [-0.25, -0.2) is 0 Å². The van der Waals surface area contributed by atoms with Crippen LogP contribution in [0.4, 0.5) is 0 Å². The number of fused-ring (bicyclic) bond motifs is 1. The lowest BCUT2D eigenvalue weighted by atomic mass is 9.88. The Morgan fingerprint density at radius 1 is 1.18 bits per heavy atom. The molecule has 17 heavy (non-hydrogen) atoms. The highest BCUT2D eigenvalue weighted by molar-refractivity contribution is 9.09. The van der Waals surface area contributed by atoms with Gasteiger partial charge in [0.15, 0.2) is 0 Å². The van der Waals surface area contributed by atoms with Crippen molar-refractivity contribution in [1.29, 1.82) is 0 Å². The fraction of sp³-hybridized carbons (Fsp3) is 0.625. The molecule has 2 unspecified atom stereocenters. The molecule has 0 bridgehead atoms. The molecule has 0 saturated heterocycles. The minimum absolute atomic E-state index is 0.523. The molecule has 0 aromatic heterocycles.